The first kappa shape index (κ1) is 13.7. The number of fused-ring (bicyclic) bond motifs is 1. The second-order valence-electron chi connectivity index (χ2n) is 4.74. The Labute approximate surface area is 123 Å². The summed E-state index contributed by atoms with van der Waals surface area (Å²) in [6.45, 7) is 1.89. The minimum atomic E-state index is -0.691. The Hall–Kier alpha value is -3.29. The monoisotopic (exact) mass is 299 g/mol. The van der Waals surface area contributed by atoms with E-state index in [0.29, 0.717) is 11.1 Å². The van der Waals surface area contributed by atoms with Gasteiger partial charge in [-0.1, -0.05) is 6.07 Å². The molecule has 0 spiro atoms. The lowest BCUT2D eigenvalue weighted by Crippen LogP contribution is -1.93. The van der Waals surface area contributed by atoms with Crippen LogP contribution < -0.4 is 0 Å². The molecule has 0 fully saturated rings. The second-order valence-corrected chi connectivity index (χ2v) is 4.74. The number of rotatable bonds is 3. The quantitative estimate of drug-likeness (QED) is 0.539. The van der Waals surface area contributed by atoms with Crippen molar-refractivity contribution in [2.45, 2.75) is 6.92 Å². The Balaban J connectivity index is 2.20. The molecule has 0 aliphatic heterocycles. The first-order valence-electron chi connectivity index (χ1n) is 6.25. The van der Waals surface area contributed by atoms with E-state index in [-0.39, 0.29) is 22.8 Å². The molecule has 0 aliphatic carbocycles. The summed E-state index contributed by atoms with van der Waals surface area (Å²) in [7, 11) is 0. The smallest absolute Gasteiger partial charge is 0.277 e. The van der Waals surface area contributed by atoms with Crippen LogP contribution in [0.1, 0.15) is 5.56 Å². The van der Waals surface area contributed by atoms with Crippen molar-refractivity contribution in [1.29, 1.82) is 0 Å². The van der Waals surface area contributed by atoms with Crippen LogP contribution in [0.5, 0.6) is 0 Å². The van der Waals surface area contributed by atoms with Crippen molar-refractivity contribution >= 4 is 22.5 Å². The summed E-state index contributed by atoms with van der Waals surface area (Å²) in [6.07, 6.45) is 0. The molecule has 2 aromatic carbocycles. The molecule has 0 bridgehead atoms. The lowest BCUT2D eigenvalue weighted by Gasteiger charge is -1.97. The maximum atomic E-state index is 10.9. The number of nitro groups is 2. The van der Waals surface area contributed by atoms with E-state index in [0.717, 1.165) is 11.6 Å². The van der Waals surface area contributed by atoms with Crippen molar-refractivity contribution in [2.24, 2.45) is 0 Å². The van der Waals surface area contributed by atoms with Crippen molar-refractivity contribution in [2.75, 3.05) is 0 Å². The molecule has 110 valence electrons. The standard InChI is InChI=1S/C14H9N3O5/c1-8-2-3-12-13(4-8)22-14(15-12)9-5-10(16(18)19)7-11(6-9)17(20)21/h2-7H,1H3. The topological polar surface area (TPSA) is 112 Å². The lowest BCUT2D eigenvalue weighted by molar-refractivity contribution is -0.394. The molecule has 0 aliphatic rings. The number of aryl methyl sites for hydroxylation is 1. The highest BCUT2D eigenvalue weighted by atomic mass is 16.6. The van der Waals surface area contributed by atoms with Crippen LogP contribution in [0, 0.1) is 27.2 Å². The second kappa shape index (κ2) is 4.92. The molecule has 1 aromatic heterocycles. The van der Waals surface area contributed by atoms with E-state index in [1.54, 1.807) is 12.1 Å². The molecule has 1 heterocycles. The number of benzene rings is 2. The fourth-order valence-electron chi connectivity index (χ4n) is 2.08. The van der Waals surface area contributed by atoms with Crippen LogP contribution in [0.3, 0.4) is 0 Å². The highest BCUT2D eigenvalue weighted by Gasteiger charge is 2.19. The normalized spacial score (nSPS) is 10.8. The van der Waals surface area contributed by atoms with E-state index in [9.17, 15) is 20.2 Å². The number of hydrogen-bond donors (Lipinski definition) is 0. The van der Waals surface area contributed by atoms with Gasteiger partial charge in [0.05, 0.1) is 21.5 Å². The van der Waals surface area contributed by atoms with Gasteiger partial charge in [-0.15, -0.1) is 0 Å². The van der Waals surface area contributed by atoms with Crippen molar-refractivity contribution in [3.8, 4) is 11.5 Å². The van der Waals surface area contributed by atoms with E-state index in [4.69, 9.17) is 4.42 Å². The highest BCUT2D eigenvalue weighted by molar-refractivity contribution is 5.77. The van der Waals surface area contributed by atoms with Crippen LogP contribution in [0.2, 0.25) is 0 Å². The fraction of sp³-hybridized carbons (Fsp3) is 0.0714. The van der Waals surface area contributed by atoms with Gasteiger partial charge in [0, 0.05) is 12.1 Å². The molecule has 0 radical (unpaired) electrons. The van der Waals surface area contributed by atoms with Gasteiger partial charge in [0.15, 0.2) is 5.58 Å². The molecule has 0 saturated heterocycles. The molecule has 8 nitrogen and oxygen atoms in total. The zero-order valence-electron chi connectivity index (χ0n) is 11.3. The predicted molar refractivity (Wildman–Crippen MR) is 77.5 cm³/mol. The molecule has 8 heteroatoms. The van der Waals surface area contributed by atoms with E-state index in [1.165, 1.54) is 12.1 Å². The minimum Gasteiger partial charge on any atom is -0.436 e. The fourth-order valence-corrected chi connectivity index (χ4v) is 2.08. The molecule has 0 amide bonds. The van der Waals surface area contributed by atoms with Crippen molar-refractivity contribution < 1.29 is 14.3 Å². The molecule has 3 aromatic rings. The van der Waals surface area contributed by atoms with E-state index < -0.39 is 9.85 Å². The zero-order chi connectivity index (χ0) is 15.9. The molecule has 0 atom stereocenters. The molecule has 3 rings (SSSR count). The number of nitro benzene ring substituents is 2. The SMILES string of the molecule is Cc1ccc2nc(-c3cc([N+](=O)[O-])cc([N+](=O)[O-])c3)oc2c1. The van der Waals surface area contributed by atoms with Crippen molar-refractivity contribution in [3.63, 3.8) is 0 Å². The van der Waals surface area contributed by atoms with Crippen LogP contribution in [-0.4, -0.2) is 14.8 Å². The van der Waals surface area contributed by atoms with Crippen LogP contribution in [0.15, 0.2) is 40.8 Å². The first-order chi connectivity index (χ1) is 10.4. The van der Waals surface area contributed by atoms with Gasteiger partial charge in [-0.3, -0.25) is 20.2 Å². The van der Waals surface area contributed by atoms with Crippen molar-refractivity contribution in [1.82, 2.24) is 4.98 Å². The summed E-state index contributed by atoms with van der Waals surface area (Å²) >= 11 is 0. The molecule has 22 heavy (non-hydrogen) atoms. The number of aromatic nitrogens is 1. The third kappa shape index (κ3) is 2.37. The molecule has 0 unspecified atom stereocenters. The van der Waals surface area contributed by atoms with Crippen LogP contribution in [-0.2, 0) is 0 Å². The average Bonchev–Trinajstić information content (AvgIpc) is 2.89. The summed E-state index contributed by atoms with van der Waals surface area (Å²) < 4.78 is 5.55. The zero-order valence-corrected chi connectivity index (χ0v) is 11.3. The Bertz CT molecular complexity index is 884. The molecular formula is C14H9N3O5. The van der Waals surface area contributed by atoms with Gasteiger partial charge in [0.2, 0.25) is 5.89 Å². The Morgan fingerprint density at radius 1 is 1.00 bits per heavy atom. The van der Waals surface area contributed by atoms with Gasteiger partial charge in [-0.05, 0) is 24.6 Å². The van der Waals surface area contributed by atoms with Gasteiger partial charge < -0.3 is 4.42 Å². The highest BCUT2D eigenvalue weighted by Crippen LogP contribution is 2.31. The van der Waals surface area contributed by atoms with Gasteiger partial charge in [0.1, 0.15) is 5.52 Å². The predicted octanol–water partition coefficient (Wildman–Crippen LogP) is 3.62. The molecule has 0 saturated carbocycles. The van der Waals surface area contributed by atoms with Crippen molar-refractivity contribution in [3.05, 3.63) is 62.2 Å². The van der Waals surface area contributed by atoms with E-state index in [2.05, 4.69) is 4.98 Å². The van der Waals surface area contributed by atoms with E-state index in [1.807, 2.05) is 13.0 Å². The Kier molecular flexibility index (Phi) is 3.06. The number of oxazole rings is 1. The third-order valence-electron chi connectivity index (χ3n) is 3.12. The van der Waals surface area contributed by atoms with Gasteiger partial charge in [-0.2, -0.15) is 0 Å². The largest absolute Gasteiger partial charge is 0.436 e. The number of hydrogen-bond acceptors (Lipinski definition) is 6. The molecule has 0 N–H and O–H groups in total. The molecular weight excluding hydrogens is 290 g/mol. The number of non-ortho nitro benzene ring substituents is 2. The van der Waals surface area contributed by atoms with Gasteiger partial charge >= 0.3 is 0 Å². The number of nitrogens with zero attached hydrogens (tertiary/aromatic N) is 3. The summed E-state index contributed by atoms with van der Waals surface area (Å²) in [5, 5.41) is 21.8. The Morgan fingerprint density at radius 2 is 1.64 bits per heavy atom. The van der Waals surface area contributed by atoms with E-state index >= 15 is 0 Å². The summed E-state index contributed by atoms with van der Waals surface area (Å²) in [5.74, 6) is 0.104. The average molecular weight is 299 g/mol. The maximum Gasteiger partial charge on any atom is 0.277 e. The Morgan fingerprint density at radius 3 is 2.23 bits per heavy atom. The van der Waals surface area contributed by atoms with Crippen LogP contribution in [0.25, 0.3) is 22.6 Å². The van der Waals surface area contributed by atoms with Crippen LogP contribution in [0.4, 0.5) is 11.4 Å². The van der Waals surface area contributed by atoms with Gasteiger partial charge in [0.25, 0.3) is 11.4 Å². The summed E-state index contributed by atoms with van der Waals surface area (Å²) in [5.41, 5.74) is 1.49. The minimum absolute atomic E-state index is 0.104. The maximum absolute atomic E-state index is 10.9. The van der Waals surface area contributed by atoms with Gasteiger partial charge in [-0.25, -0.2) is 4.98 Å². The first-order valence-corrected chi connectivity index (χ1v) is 6.25. The van der Waals surface area contributed by atoms with Crippen LogP contribution >= 0.6 is 0 Å². The summed E-state index contributed by atoms with van der Waals surface area (Å²) in [6, 6.07) is 8.68. The third-order valence-corrected chi connectivity index (χ3v) is 3.12. The summed E-state index contributed by atoms with van der Waals surface area (Å²) in [4.78, 5) is 24.6. The lowest BCUT2D eigenvalue weighted by atomic mass is 10.1.